The Bertz CT molecular complexity index is 519. The van der Waals surface area contributed by atoms with E-state index in [1.807, 2.05) is 0 Å². The molecule has 0 spiro atoms. The Morgan fingerprint density at radius 1 is 1.50 bits per heavy atom. The highest BCUT2D eigenvalue weighted by Crippen LogP contribution is 2.24. The number of rotatable bonds is 4. The lowest BCUT2D eigenvalue weighted by molar-refractivity contribution is -0.141. The van der Waals surface area contributed by atoms with E-state index < -0.39 is 17.9 Å². The van der Waals surface area contributed by atoms with Crippen LogP contribution in [0.4, 0.5) is 5.69 Å². The molecule has 1 aliphatic rings. The first-order chi connectivity index (χ1) is 9.54. The minimum Gasteiger partial charge on any atom is -0.481 e. The Labute approximate surface area is 116 Å². The van der Waals surface area contributed by atoms with Crippen LogP contribution in [0.1, 0.15) is 10.5 Å². The number of esters is 1. The summed E-state index contributed by atoms with van der Waals surface area (Å²) in [6.07, 6.45) is 1.49. The molecule has 0 aromatic carbocycles. The fourth-order valence-electron chi connectivity index (χ4n) is 2.21. The molecular weight excluding hydrogens is 264 g/mol. The number of aliphatic carboxylic acids is 1. The third kappa shape index (κ3) is 2.72. The van der Waals surface area contributed by atoms with E-state index in [2.05, 4.69) is 9.72 Å². The van der Waals surface area contributed by atoms with Crippen molar-refractivity contribution in [2.24, 2.45) is 5.92 Å². The summed E-state index contributed by atoms with van der Waals surface area (Å²) in [4.78, 5) is 28.4. The Morgan fingerprint density at radius 3 is 2.90 bits per heavy atom. The minimum atomic E-state index is -0.887. The van der Waals surface area contributed by atoms with Crippen LogP contribution in [0.2, 0.25) is 0 Å². The van der Waals surface area contributed by atoms with E-state index in [1.54, 1.807) is 24.1 Å². The van der Waals surface area contributed by atoms with Gasteiger partial charge in [0.2, 0.25) is 0 Å². The predicted molar refractivity (Wildman–Crippen MR) is 69.7 cm³/mol. The van der Waals surface area contributed by atoms with Crippen molar-refractivity contribution < 1.29 is 24.2 Å². The van der Waals surface area contributed by atoms with Crippen LogP contribution in [0, 0.1) is 5.92 Å². The molecule has 0 radical (unpaired) electrons. The highest BCUT2D eigenvalue weighted by molar-refractivity contribution is 5.88. The number of carbonyl (C=O) groups excluding carboxylic acids is 1. The fraction of sp³-hybridized carbons (Fsp3) is 0.462. The van der Waals surface area contributed by atoms with Crippen LogP contribution >= 0.6 is 0 Å². The molecule has 1 fully saturated rings. The number of carboxylic acids is 1. The van der Waals surface area contributed by atoms with E-state index in [0.29, 0.717) is 12.3 Å². The summed E-state index contributed by atoms with van der Waals surface area (Å²) in [5.74, 6) is -2.01. The maximum atomic E-state index is 11.5. The van der Waals surface area contributed by atoms with Crippen molar-refractivity contribution in [1.82, 2.24) is 4.98 Å². The molecule has 1 aromatic heterocycles. The first-order valence-corrected chi connectivity index (χ1v) is 6.12. The van der Waals surface area contributed by atoms with Gasteiger partial charge < -0.3 is 19.5 Å². The minimum absolute atomic E-state index is 0.183. The van der Waals surface area contributed by atoms with E-state index >= 15 is 0 Å². The van der Waals surface area contributed by atoms with Crippen molar-refractivity contribution in [2.45, 2.75) is 6.04 Å². The third-order valence-corrected chi connectivity index (χ3v) is 3.41. The van der Waals surface area contributed by atoms with Crippen molar-refractivity contribution in [3.8, 4) is 0 Å². The van der Waals surface area contributed by atoms with Gasteiger partial charge in [0.15, 0.2) is 0 Å². The molecule has 1 saturated heterocycles. The summed E-state index contributed by atoms with van der Waals surface area (Å²) >= 11 is 0. The van der Waals surface area contributed by atoms with Crippen LogP contribution in [0.15, 0.2) is 18.3 Å². The van der Waals surface area contributed by atoms with Gasteiger partial charge in [-0.3, -0.25) is 4.79 Å². The maximum Gasteiger partial charge on any atom is 0.356 e. The molecule has 0 aliphatic carbocycles. The van der Waals surface area contributed by atoms with Gasteiger partial charge in [-0.1, -0.05) is 0 Å². The number of carbonyl (C=O) groups is 2. The molecule has 0 amide bonds. The van der Waals surface area contributed by atoms with Crippen LogP contribution in [-0.2, 0) is 14.3 Å². The Hall–Kier alpha value is -2.15. The van der Waals surface area contributed by atoms with E-state index in [9.17, 15) is 9.59 Å². The van der Waals surface area contributed by atoms with E-state index in [-0.39, 0.29) is 18.3 Å². The molecule has 7 nitrogen and oxygen atoms in total. The molecule has 2 atom stereocenters. The number of hydrogen-bond acceptors (Lipinski definition) is 6. The lowest BCUT2D eigenvalue weighted by Crippen LogP contribution is -2.41. The van der Waals surface area contributed by atoms with Crippen LogP contribution in [0.25, 0.3) is 0 Å². The number of likely N-dealkylation sites (N-methyl/N-ethyl adjacent to an activating group) is 1. The molecular formula is C13H16N2O5. The fourth-order valence-corrected chi connectivity index (χ4v) is 2.21. The third-order valence-electron chi connectivity index (χ3n) is 3.41. The molecule has 2 rings (SSSR count). The highest BCUT2D eigenvalue weighted by atomic mass is 16.5. The van der Waals surface area contributed by atoms with Gasteiger partial charge in [-0.15, -0.1) is 0 Å². The molecule has 0 bridgehead atoms. The largest absolute Gasteiger partial charge is 0.481 e. The first kappa shape index (κ1) is 14.3. The number of ether oxygens (including phenoxy) is 2. The number of pyridine rings is 1. The lowest BCUT2D eigenvalue weighted by atomic mass is 10.0. The zero-order valence-corrected chi connectivity index (χ0v) is 11.3. The highest BCUT2D eigenvalue weighted by Gasteiger charge is 2.37. The summed E-state index contributed by atoms with van der Waals surface area (Å²) in [7, 11) is 3.05. The van der Waals surface area contributed by atoms with Gasteiger partial charge in [0.05, 0.1) is 26.4 Å². The predicted octanol–water partition coefficient (Wildman–Crippen LogP) is 0.404. The second-order valence-corrected chi connectivity index (χ2v) is 4.55. The molecule has 108 valence electrons. The molecule has 1 N–H and O–H groups in total. The zero-order chi connectivity index (χ0) is 14.7. The quantitative estimate of drug-likeness (QED) is 0.799. The van der Waals surface area contributed by atoms with Gasteiger partial charge in [-0.2, -0.15) is 0 Å². The normalized spacial score (nSPS) is 21.5. The summed E-state index contributed by atoms with van der Waals surface area (Å²) < 4.78 is 9.86. The van der Waals surface area contributed by atoms with Gasteiger partial charge in [0.1, 0.15) is 11.6 Å². The van der Waals surface area contributed by atoms with Crippen molar-refractivity contribution in [2.75, 3.05) is 32.3 Å². The van der Waals surface area contributed by atoms with Crippen LogP contribution in [0.5, 0.6) is 0 Å². The Balaban J connectivity index is 2.22. The van der Waals surface area contributed by atoms with Gasteiger partial charge in [-0.25, -0.2) is 9.78 Å². The number of nitrogens with zero attached hydrogens (tertiary/aromatic N) is 2. The number of anilines is 1. The number of carboxylic acid groups (broad SMARTS) is 1. The van der Waals surface area contributed by atoms with Crippen molar-refractivity contribution in [3.05, 3.63) is 24.0 Å². The number of hydrogen-bond donors (Lipinski definition) is 1. The van der Waals surface area contributed by atoms with E-state index in [0.717, 1.165) is 0 Å². The zero-order valence-electron chi connectivity index (χ0n) is 11.3. The average Bonchev–Trinajstić information content (AvgIpc) is 2.95. The van der Waals surface area contributed by atoms with Gasteiger partial charge in [-0.05, 0) is 12.1 Å². The molecule has 20 heavy (non-hydrogen) atoms. The van der Waals surface area contributed by atoms with Crippen LogP contribution in [0.3, 0.4) is 0 Å². The summed E-state index contributed by atoms with van der Waals surface area (Å²) in [5, 5.41) is 9.17. The Kier molecular flexibility index (Phi) is 4.19. The SMILES string of the molecule is COC(=O)c1cc(N(C)C2COCC2C(=O)O)ccn1. The van der Waals surface area contributed by atoms with Crippen molar-refractivity contribution in [1.29, 1.82) is 0 Å². The summed E-state index contributed by atoms with van der Waals surface area (Å²) in [6.45, 7) is 0.530. The number of aromatic nitrogens is 1. The van der Waals surface area contributed by atoms with Crippen molar-refractivity contribution in [3.63, 3.8) is 0 Å². The monoisotopic (exact) mass is 280 g/mol. The number of methoxy groups -OCH3 is 1. The van der Waals surface area contributed by atoms with Crippen LogP contribution < -0.4 is 4.90 Å². The van der Waals surface area contributed by atoms with Crippen LogP contribution in [-0.4, -0.2) is 55.4 Å². The average molecular weight is 280 g/mol. The van der Waals surface area contributed by atoms with E-state index in [4.69, 9.17) is 9.84 Å². The molecule has 2 unspecified atom stereocenters. The maximum absolute atomic E-state index is 11.5. The second-order valence-electron chi connectivity index (χ2n) is 4.55. The molecule has 1 aromatic rings. The van der Waals surface area contributed by atoms with Crippen molar-refractivity contribution >= 4 is 17.6 Å². The van der Waals surface area contributed by atoms with Gasteiger partial charge >= 0.3 is 11.9 Å². The molecule has 7 heteroatoms. The summed E-state index contributed by atoms with van der Waals surface area (Å²) in [6, 6.07) is 3.01. The smallest absolute Gasteiger partial charge is 0.356 e. The topological polar surface area (TPSA) is 89.0 Å². The standard InChI is InChI=1S/C13H16N2O5/c1-15(11-7-20-6-9(11)12(16)17)8-3-4-14-10(5-8)13(18)19-2/h3-5,9,11H,6-7H2,1-2H3,(H,16,17). The molecule has 2 heterocycles. The molecule has 0 saturated carbocycles. The lowest BCUT2D eigenvalue weighted by Gasteiger charge is -2.28. The van der Waals surface area contributed by atoms with E-state index in [1.165, 1.54) is 13.3 Å². The summed E-state index contributed by atoms with van der Waals surface area (Å²) in [5.41, 5.74) is 0.879. The van der Waals surface area contributed by atoms with Gasteiger partial charge in [0, 0.05) is 18.9 Å². The molecule has 1 aliphatic heterocycles. The second kappa shape index (κ2) is 5.87. The first-order valence-electron chi connectivity index (χ1n) is 6.12. The van der Waals surface area contributed by atoms with Gasteiger partial charge in [0.25, 0.3) is 0 Å². The Morgan fingerprint density at radius 2 is 2.25 bits per heavy atom.